The number of hydrogen-bond donors (Lipinski definition) is 1. The summed E-state index contributed by atoms with van der Waals surface area (Å²) < 4.78 is 11.5. The van der Waals surface area contributed by atoms with Gasteiger partial charge < -0.3 is 19.7 Å². The standard InChI is InChI=1S/C27H30ClIN2O5/c1-17(2)16-35-26(33)18(3)36-27(34)23(30-24-15-20(28)10-11-22(24)29)12-9-19-13-14-31(25(19)32)21-7-5-4-6-8-21/h4-11,15,17-18,23,30H,12-14,16H2,1-3H3/t18-,23?/m1/s1. The maximum absolute atomic E-state index is 13.1. The smallest absolute Gasteiger partial charge is 0.347 e. The first-order valence-electron chi connectivity index (χ1n) is 11.8. The minimum atomic E-state index is -1.06. The number of amides is 1. The monoisotopic (exact) mass is 624 g/mol. The fraction of sp³-hybridized carbons (Fsp3) is 0.370. The van der Waals surface area contributed by atoms with Gasteiger partial charge in [-0.15, -0.1) is 0 Å². The van der Waals surface area contributed by atoms with Crippen molar-refractivity contribution in [3.05, 3.63) is 68.8 Å². The summed E-state index contributed by atoms with van der Waals surface area (Å²) in [4.78, 5) is 40.1. The number of hydrogen-bond acceptors (Lipinski definition) is 6. The van der Waals surface area contributed by atoms with Crippen molar-refractivity contribution in [3.63, 3.8) is 0 Å². The molecule has 2 aromatic rings. The largest absolute Gasteiger partial charge is 0.463 e. The summed E-state index contributed by atoms with van der Waals surface area (Å²) in [5, 5.41) is 3.69. The predicted molar refractivity (Wildman–Crippen MR) is 149 cm³/mol. The highest BCUT2D eigenvalue weighted by atomic mass is 127. The molecule has 9 heteroatoms. The Morgan fingerprint density at radius 1 is 1.14 bits per heavy atom. The molecule has 1 N–H and O–H groups in total. The van der Waals surface area contributed by atoms with Gasteiger partial charge in [0.05, 0.1) is 6.61 Å². The highest BCUT2D eigenvalue weighted by Gasteiger charge is 2.29. The van der Waals surface area contributed by atoms with Gasteiger partial charge in [-0.3, -0.25) is 4.79 Å². The zero-order valence-electron chi connectivity index (χ0n) is 20.5. The van der Waals surface area contributed by atoms with Crippen LogP contribution in [0.2, 0.25) is 5.02 Å². The molecule has 3 rings (SSSR count). The van der Waals surface area contributed by atoms with Crippen LogP contribution in [0.5, 0.6) is 0 Å². The van der Waals surface area contributed by atoms with E-state index < -0.39 is 24.1 Å². The minimum absolute atomic E-state index is 0.0868. The molecule has 192 valence electrons. The molecular formula is C27H30ClIN2O5. The molecule has 1 aliphatic heterocycles. The van der Waals surface area contributed by atoms with Crippen LogP contribution in [0, 0.1) is 9.49 Å². The van der Waals surface area contributed by atoms with Gasteiger partial charge in [0.1, 0.15) is 6.04 Å². The molecule has 7 nitrogen and oxygen atoms in total. The Kier molecular flexibility index (Phi) is 10.2. The summed E-state index contributed by atoms with van der Waals surface area (Å²) in [6, 6.07) is 13.9. The van der Waals surface area contributed by atoms with Gasteiger partial charge in [0, 0.05) is 32.1 Å². The van der Waals surface area contributed by atoms with Gasteiger partial charge in [-0.05, 0) is 78.6 Å². The molecule has 2 aromatic carbocycles. The van der Waals surface area contributed by atoms with Crippen molar-refractivity contribution in [1.29, 1.82) is 0 Å². The number of benzene rings is 2. The lowest BCUT2D eigenvalue weighted by Crippen LogP contribution is -2.36. The highest BCUT2D eigenvalue weighted by Crippen LogP contribution is 2.27. The molecule has 1 aliphatic rings. The fourth-order valence-corrected chi connectivity index (χ4v) is 4.26. The Labute approximate surface area is 230 Å². The van der Waals surface area contributed by atoms with Crippen LogP contribution in [-0.2, 0) is 23.9 Å². The van der Waals surface area contributed by atoms with Crippen molar-refractivity contribution in [1.82, 2.24) is 0 Å². The Hall–Kier alpha value is -2.59. The summed E-state index contributed by atoms with van der Waals surface area (Å²) in [5.41, 5.74) is 2.12. The molecule has 1 amide bonds. The number of nitrogens with one attached hydrogen (secondary N) is 1. The van der Waals surface area contributed by atoms with Crippen LogP contribution in [0.15, 0.2) is 60.2 Å². The van der Waals surface area contributed by atoms with E-state index >= 15 is 0 Å². The van der Waals surface area contributed by atoms with Crippen molar-refractivity contribution in [2.75, 3.05) is 23.4 Å². The maximum atomic E-state index is 13.1. The lowest BCUT2D eigenvalue weighted by molar-refractivity contribution is -0.167. The van der Waals surface area contributed by atoms with Crippen molar-refractivity contribution >= 4 is 63.4 Å². The number of anilines is 2. The van der Waals surface area contributed by atoms with Crippen LogP contribution < -0.4 is 10.2 Å². The first kappa shape index (κ1) is 28.0. The van der Waals surface area contributed by atoms with E-state index in [1.165, 1.54) is 6.92 Å². The summed E-state index contributed by atoms with van der Waals surface area (Å²) in [6.45, 7) is 6.15. The second-order valence-corrected chi connectivity index (χ2v) is 10.5. The Balaban J connectivity index is 1.75. The second-order valence-electron chi connectivity index (χ2n) is 8.93. The van der Waals surface area contributed by atoms with E-state index in [-0.39, 0.29) is 24.9 Å². The number of ether oxygens (including phenoxy) is 2. The van der Waals surface area contributed by atoms with E-state index in [1.807, 2.05) is 50.2 Å². The van der Waals surface area contributed by atoms with Gasteiger partial charge in [0.25, 0.3) is 5.91 Å². The number of rotatable bonds is 10. The normalized spacial score (nSPS) is 16.2. The minimum Gasteiger partial charge on any atom is -0.463 e. The molecule has 0 bridgehead atoms. The van der Waals surface area contributed by atoms with Gasteiger partial charge in [0.15, 0.2) is 6.10 Å². The van der Waals surface area contributed by atoms with E-state index in [0.29, 0.717) is 29.2 Å². The van der Waals surface area contributed by atoms with Crippen LogP contribution in [0.25, 0.3) is 0 Å². The predicted octanol–water partition coefficient (Wildman–Crippen LogP) is 5.61. The van der Waals surface area contributed by atoms with Crippen LogP contribution >= 0.6 is 34.2 Å². The fourth-order valence-electron chi connectivity index (χ4n) is 3.60. The quantitative estimate of drug-likeness (QED) is 0.210. The molecule has 0 saturated carbocycles. The molecule has 36 heavy (non-hydrogen) atoms. The summed E-state index contributed by atoms with van der Waals surface area (Å²) >= 11 is 8.30. The molecule has 0 spiro atoms. The van der Waals surface area contributed by atoms with Gasteiger partial charge in [-0.1, -0.05) is 49.7 Å². The molecule has 2 atom stereocenters. The zero-order valence-corrected chi connectivity index (χ0v) is 23.4. The summed E-state index contributed by atoms with van der Waals surface area (Å²) in [6.07, 6.45) is 1.47. The molecule has 0 aliphatic carbocycles. The van der Waals surface area contributed by atoms with Crippen LogP contribution in [0.4, 0.5) is 11.4 Å². The first-order valence-corrected chi connectivity index (χ1v) is 13.3. The number of esters is 2. The third-order valence-electron chi connectivity index (χ3n) is 5.52. The van der Waals surface area contributed by atoms with E-state index in [1.54, 1.807) is 23.1 Å². The van der Waals surface area contributed by atoms with E-state index in [9.17, 15) is 14.4 Å². The molecule has 1 saturated heterocycles. The van der Waals surface area contributed by atoms with E-state index in [0.717, 1.165) is 9.26 Å². The van der Waals surface area contributed by atoms with Gasteiger partial charge in [0.2, 0.25) is 0 Å². The van der Waals surface area contributed by atoms with E-state index in [4.69, 9.17) is 21.1 Å². The molecular weight excluding hydrogens is 595 g/mol. The van der Waals surface area contributed by atoms with Crippen molar-refractivity contribution in [2.45, 2.75) is 45.8 Å². The molecule has 1 unspecified atom stereocenters. The zero-order chi connectivity index (χ0) is 26.2. The average Bonchev–Trinajstić information content (AvgIpc) is 3.22. The number of nitrogens with zero attached hydrogens (tertiary/aromatic N) is 1. The van der Waals surface area contributed by atoms with Crippen molar-refractivity contribution in [2.24, 2.45) is 5.92 Å². The van der Waals surface area contributed by atoms with Crippen LogP contribution in [0.1, 0.15) is 33.6 Å². The SMILES string of the molecule is CC(C)COC(=O)[C@@H](C)OC(=O)C(CC=C1CCN(c2ccccc2)C1=O)Nc1cc(Cl)ccc1I. The lowest BCUT2D eigenvalue weighted by atomic mass is 10.1. The summed E-state index contributed by atoms with van der Waals surface area (Å²) in [5.74, 6) is -1.14. The first-order chi connectivity index (χ1) is 17.2. The topological polar surface area (TPSA) is 84.9 Å². The van der Waals surface area contributed by atoms with Gasteiger partial charge in [-0.25, -0.2) is 9.59 Å². The number of carbonyl (C=O) groups is 3. The average molecular weight is 625 g/mol. The van der Waals surface area contributed by atoms with Crippen molar-refractivity contribution in [3.8, 4) is 0 Å². The lowest BCUT2D eigenvalue weighted by Gasteiger charge is -2.21. The Morgan fingerprint density at radius 2 is 1.86 bits per heavy atom. The van der Waals surface area contributed by atoms with Gasteiger partial charge in [-0.2, -0.15) is 0 Å². The third-order valence-corrected chi connectivity index (χ3v) is 6.69. The maximum Gasteiger partial charge on any atom is 0.347 e. The summed E-state index contributed by atoms with van der Waals surface area (Å²) in [7, 11) is 0. The van der Waals surface area contributed by atoms with Crippen LogP contribution in [0.3, 0.4) is 0 Å². The van der Waals surface area contributed by atoms with E-state index in [2.05, 4.69) is 27.9 Å². The Morgan fingerprint density at radius 3 is 2.56 bits per heavy atom. The third kappa shape index (κ3) is 7.70. The highest BCUT2D eigenvalue weighted by molar-refractivity contribution is 14.1. The van der Waals surface area contributed by atoms with Crippen LogP contribution in [-0.4, -0.2) is 43.1 Å². The second kappa shape index (κ2) is 13.1. The molecule has 0 radical (unpaired) electrons. The molecule has 0 aromatic heterocycles. The number of halogens is 2. The molecule has 1 heterocycles. The molecule has 1 fully saturated rings. The van der Waals surface area contributed by atoms with Crippen molar-refractivity contribution < 1.29 is 23.9 Å². The number of para-hydroxylation sites is 1. The Bertz CT molecular complexity index is 1120. The number of carbonyl (C=O) groups excluding carboxylic acids is 3. The van der Waals surface area contributed by atoms with Gasteiger partial charge >= 0.3 is 11.9 Å².